The fraction of sp³-hybridized carbons (Fsp3) is 0.600. The van der Waals surface area contributed by atoms with Gasteiger partial charge in [-0.2, -0.15) is 4.31 Å². The lowest BCUT2D eigenvalue weighted by Gasteiger charge is -2.37. The SMILES string of the molecule is Cc1ccc(S(=O)(=O)N2CCC[C@]23CCC[C@@H]3O)cc1. The molecule has 4 nitrogen and oxygen atoms in total. The van der Waals surface area contributed by atoms with Crippen LogP contribution in [0.25, 0.3) is 0 Å². The summed E-state index contributed by atoms with van der Waals surface area (Å²) in [6, 6.07) is 6.97. The molecule has 1 saturated heterocycles. The number of hydrogen-bond acceptors (Lipinski definition) is 3. The minimum atomic E-state index is -3.51. The maximum absolute atomic E-state index is 12.9. The highest BCUT2D eigenvalue weighted by Crippen LogP contribution is 2.45. The van der Waals surface area contributed by atoms with Crippen molar-refractivity contribution in [2.24, 2.45) is 0 Å². The molecule has 0 radical (unpaired) electrons. The van der Waals surface area contributed by atoms with Gasteiger partial charge in [-0.05, 0) is 51.2 Å². The first-order valence-electron chi connectivity index (χ1n) is 7.24. The summed E-state index contributed by atoms with van der Waals surface area (Å²) in [7, 11) is -3.51. The first-order valence-corrected chi connectivity index (χ1v) is 8.68. The van der Waals surface area contributed by atoms with Crippen LogP contribution in [0, 0.1) is 6.92 Å². The standard InChI is InChI=1S/C15H21NO3S/c1-12-5-7-13(8-6-12)20(18,19)16-11-3-10-15(16)9-2-4-14(15)17/h5-8,14,17H,2-4,9-11H2,1H3/t14-,15-/m0/s1. The zero-order valence-corrected chi connectivity index (χ0v) is 12.6. The molecule has 0 aromatic heterocycles. The Morgan fingerprint density at radius 3 is 2.45 bits per heavy atom. The van der Waals surface area contributed by atoms with E-state index in [4.69, 9.17) is 0 Å². The molecule has 0 bridgehead atoms. The van der Waals surface area contributed by atoms with Crippen LogP contribution in [-0.4, -0.2) is 36.0 Å². The summed E-state index contributed by atoms with van der Waals surface area (Å²) in [4.78, 5) is 0.337. The Morgan fingerprint density at radius 2 is 1.85 bits per heavy atom. The van der Waals surface area contributed by atoms with Crippen molar-refractivity contribution in [3.63, 3.8) is 0 Å². The van der Waals surface area contributed by atoms with Crippen LogP contribution in [0.5, 0.6) is 0 Å². The van der Waals surface area contributed by atoms with Crippen molar-refractivity contribution in [3.8, 4) is 0 Å². The van der Waals surface area contributed by atoms with Gasteiger partial charge < -0.3 is 5.11 Å². The normalized spacial score (nSPS) is 31.2. The molecule has 0 amide bonds. The Bertz CT molecular complexity index is 592. The van der Waals surface area contributed by atoms with Crippen LogP contribution >= 0.6 is 0 Å². The quantitative estimate of drug-likeness (QED) is 0.908. The third-order valence-corrected chi connectivity index (χ3v) is 6.78. The number of aryl methyl sites for hydroxylation is 1. The van der Waals surface area contributed by atoms with Crippen molar-refractivity contribution in [2.45, 2.75) is 55.6 Å². The largest absolute Gasteiger partial charge is 0.391 e. The lowest BCUT2D eigenvalue weighted by Crippen LogP contribution is -2.52. The molecule has 1 aromatic rings. The number of nitrogens with zero attached hydrogens (tertiary/aromatic N) is 1. The summed E-state index contributed by atoms with van der Waals surface area (Å²) < 4.78 is 27.3. The molecule has 1 aliphatic heterocycles. The molecule has 0 unspecified atom stereocenters. The first-order chi connectivity index (χ1) is 9.47. The molecule has 1 aromatic carbocycles. The van der Waals surface area contributed by atoms with Crippen molar-refractivity contribution in [2.75, 3.05) is 6.54 Å². The summed E-state index contributed by atoms with van der Waals surface area (Å²) in [5, 5.41) is 10.3. The predicted molar refractivity (Wildman–Crippen MR) is 76.9 cm³/mol. The molecule has 2 fully saturated rings. The molecule has 110 valence electrons. The zero-order valence-electron chi connectivity index (χ0n) is 11.7. The van der Waals surface area contributed by atoms with E-state index in [1.807, 2.05) is 19.1 Å². The number of aliphatic hydroxyl groups excluding tert-OH is 1. The Kier molecular flexibility index (Phi) is 3.39. The lowest BCUT2D eigenvalue weighted by atomic mass is 9.93. The van der Waals surface area contributed by atoms with Gasteiger partial charge in [-0.25, -0.2) is 8.42 Å². The van der Waals surface area contributed by atoms with Gasteiger partial charge in [0.25, 0.3) is 0 Å². The third-order valence-electron chi connectivity index (χ3n) is 4.78. The number of sulfonamides is 1. The average molecular weight is 295 g/mol. The fourth-order valence-corrected chi connectivity index (χ4v) is 5.58. The smallest absolute Gasteiger partial charge is 0.243 e. The molecular formula is C15H21NO3S. The highest BCUT2D eigenvalue weighted by molar-refractivity contribution is 7.89. The highest BCUT2D eigenvalue weighted by atomic mass is 32.2. The summed E-state index contributed by atoms with van der Waals surface area (Å²) in [6.07, 6.45) is 3.48. The van der Waals surface area contributed by atoms with E-state index in [-0.39, 0.29) is 0 Å². The zero-order chi connectivity index (χ0) is 14.4. The second-order valence-electron chi connectivity index (χ2n) is 6.01. The fourth-order valence-electron chi connectivity index (χ4n) is 3.69. The van der Waals surface area contributed by atoms with E-state index in [1.54, 1.807) is 16.4 Å². The molecule has 5 heteroatoms. The molecule has 3 rings (SSSR count). The van der Waals surface area contributed by atoms with Gasteiger partial charge in [-0.1, -0.05) is 17.7 Å². The second kappa shape index (κ2) is 4.83. The Morgan fingerprint density at radius 1 is 1.20 bits per heavy atom. The van der Waals surface area contributed by atoms with Gasteiger partial charge in [-0.15, -0.1) is 0 Å². The van der Waals surface area contributed by atoms with Crippen molar-refractivity contribution in [3.05, 3.63) is 29.8 Å². The second-order valence-corrected chi connectivity index (χ2v) is 7.87. The Hall–Kier alpha value is -0.910. The summed E-state index contributed by atoms with van der Waals surface area (Å²) in [5.41, 5.74) is 0.491. The van der Waals surface area contributed by atoms with Crippen molar-refractivity contribution in [1.29, 1.82) is 0 Å². The molecule has 1 N–H and O–H groups in total. The monoisotopic (exact) mass is 295 g/mol. The van der Waals surface area contributed by atoms with Gasteiger partial charge in [0.05, 0.1) is 16.5 Å². The summed E-state index contributed by atoms with van der Waals surface area (Å²) in [6.45, 7) is 2.46. The van der Waals surface area contributed by atoms with Gasteiger partial charge in [0.2, 0.25) is 10.0 Å². The van der Waals surface area contributed by atoms with E-state index in [9.17, 15) is 13.5 Å². The number of rotatable bonds is 2. The maximum atomic E-state index is 12.9. The van der Waals surface area contributed by atoms with E-state index >= 15 is 0 Å². The Labute approximate surface area is 120 Å². The van der Waals surface area contributed by atoms with Crippen LogP contribution in [0.15, 0.2) is 29.2 Å². The maximum Gasteiger partial charge on any atom is 0.243 e. The minimum absolute atomic E-state index is 0.337. The average Bonchev–Trinajstić information content (AvgIpc) is 2.99. The van der Waals surface area contributed by atoms with E-state index in [0.29, 0.717) is 17.9 Å². The number of hydrogen-bond donors (Lipinski definition) is 1. The molecule has 2 aliphatic rings. The number of benzene rings is 1. The van der Waals surface area contributed by atoms with Crippen LogP contribution in [0.1, 0.15) is 37.7 Å². The van der Waals surface area contributed by atoms with Crippen LogP contribution < -0.4 is 0 Å². The van der Waals surface area contributed by atoms with Gasteiger partial charge in [0.15, 0.2) is 0 Å². The third kappa shape index (κ3) is 2.00. The van der Waals surface area contributed by atoms with Crippen molar-refractivity contribution < 1.29 is 13.5 Å². The lowest BCUT2D eigenvalue weighted by molar-refractivity contribution is 0.0567. The topological polar surface area (TPSA) is 57.6 Å². The summed E-state index contributed by atoms with van der Waals surface area (Å²) >= 11 is 0. The van der Waals surface area contributed by atoms with Crippen LogP contribution in [0.3, 0.4) is 0 Å². The molecule has 1 aliphatic carbocycles. The number of aliphatic hydroxyl groups is 1. The van der Waals surface area contributed by atoms with E-state index in [2.05, 4.69) is 0 Å². The molecule has 1 heterocycles. The molecule has 2 atom stereocenters. The van der Waals surface area contributed by atoms with Gasteiger partial charge >= 0.3 is 0 Å². The van der Waals surface area contributed by atoms with E-state index < -0.39 is 21.7 Å². The molecule has 1 spiro atoms. The summed E-state index contributed by atoms with van der Waals surface area (Å²) in [5.74, 6) is 0. The minimum Gasteiger partial charge on any atom is -0.391 e. The molecular weight excluding hydrogens is 274 g/mol. The molecule has 20 heavy (non-hydrogen) atoms. The van der Waals surface area contributed by atoms with Gasteiger partial charge in [0.1, 0.15) is 0 Å². The highest BCUT2D eigenvalue weighted by Gasteiger charge is 2.54. The van der Waals surface area contributed by atoms with Gasteiger partial charge in [0, 0.05) is 6.54 Å². The Balaban J connectivity index is 2.00. The van der Waals surface area contributed by atoms with Crippen molar-refractivity contribution >= 4 is 10.0 Å². The van der Waals surface area contributed by atoms with Gasteiger partial charge in [-0.3, -0.25) is 0 Å². The van der Waals surface area contributed by atoms with E-state index in [1.165, 1.54) is 0 Å². The molecule has 1 saturated carbocycles. The van der Waals surface area contributed by atoms with Crippen LogP contribution in [-0.2, 0) is 10.0 Å². The van der Waals surface area contributed by atoms with Crippen LogP contribution in [0.4, 0.5) is 0 Å². The van der Waals surface area contributed by atoms with Crippen LogP contribution in [0.2, 0.25) is 0 Å². The van der Waals surface area contributed by atoms with E-state index in [0.717, 1.165) is 31.2 Å². The first kappa shape index (κ1) is 14.0. The predicted octanol–water partition coefficient (Wildman–Crippen LogP) is 2.06. The van der Waals surface area contributed by atoms with Crippen molar-refractivity contribution in [1.82, 2.24) is 4.31 Å².